The largest absolute Gasteiger partial charge is 0.384 e. The van der Waals surface area contributed by atoms with Crippen LogP contribution in [-0.2, 0) is 19.1 Å². The van der Waals surface area contributed by atoms with Gasteiger partial charge in [-0.2, -0.15) is 0 Å². The van der Waals surface area contributed by atoms with Crippen molar-refractivity contribution in [1.29, 1.82) is 0 Å². The summed E-state index contributed by atoms with van der Waals surface area (Å²) in [6.07, 6.45) is 3.53. The van der Waals surface area contributed by atoms with E-state index in [1.807, 2.05) is 0 Å². The molecule has 1 aliphatic carbocycles. The highest BCUT2D eigenvalue weighted by Crippen LogP contribution is 2.39. The van der Waals surface area contributed by atoms with E-state index in [2.05, 4.69) is 10.6 Å². The molecule has 158 valence electrons. The lowest BCUT2D eigenvalue weighted by Crippen LogP contribution is -2.54. The lowest BCUT2D eigenvalue weighted by molar-refractivity contribution is -0.136. The molecule has 0 bridgehead atoms. The molecule has 0 aromatic heterocycles. The zero-order valence-electron chi connectivity index (χ0n) is 16.7. The van der Waals surface area contributed by atoms with Gasteiger partial charge in [0.05, 0.1) is 23.1 Å². The second-order valence-corrected chi connectivity index (χ2v) is 8.08. The molecule has 2 aliphatic heterocycles. The van der Waals surface area contributed by atoms with E-state index in [9.17, 15) is 24.0 Å². The number of carbonyl (C=O) groups excluding carboxylic acids is 5. The molecule has 30 heavy (non-hydrogen) atoms. The van der Waals surface area contributed by atoms with E-state index in [0.717, 1.165) is 30.6 Å². The van der Waals surface area contributed by atoms with Crippen LogP contribution < -0.4 is 10.6 Å². The van der Waals surface area contributed by atoms with Crippen molar-refractivity contribution in [3.63, 3.8) is 0 Å². The van der Waals surface area contributed by atoms with Crippen LogP contribution in [0.25, 0.3) is 0 Å². The number of rotatable bonds is 5. The van der Waals surface area contributed by atoms with Gasteiger partial charge in [-0.15, -0.1) is 0 Å². The minimum Gasteiger partial charge on any atom is -0.384 e. The average Bonchev–Trinajstić information content (AvgIpc) is 3.28. The third-order valence-electron chi connectivity index (χ3n) is 6.16. The molecule has 2 fully saturated rings. The number of nitrogens with one attached hydrogen (secondary N) is 2. The molecule has 9 heteroatoms. The van der Waals surface area contributed by atoms with Gasteiger partial charge in [0.15, 0.2) is 0 Å². The van der Waals surface area contributed by atoms with Gasteiger partial charge >= 0.3 is 0 Å². The fourth-order valence-corrected chi connectivity index (χ4v) is 4.58. The number of ether oxygens (including phenoxy) is 1. The quantitative estimate of drug-likeness (QED) is 0.701. The zero-order chi connectivity index (χ0) is 21.5. The first-order chi connectivity index (χ1) is 14.4. The zero-order valence-corrected chi connectivity index (χ0v) is 16.7. The molecule has 5 amide bonds. The SMILES string of the molecule is COCC1(C(=O)Nc2ccc3c(c2)C(=O)N(C2CCC(=O)NC2=O)C3=O)CCCC1. The van der Waals surface area contributed by atoms with Crippen LogP contribution in [0.2, 0.25) is 0 Å². The Labute approximate surface area is 173 Å². The Hall–Kier alpha value is -3.07. The van der Waals surface area contributed by atoms with Gasteiger partial charge < -0.3 is 10.1 Å². The van der Waals surface area contributed by atoms with Crippen LogP contribution in [-0.4, -0.2) is 54.2 Å². The van der Waals surface area contributed by atoms with Crippen LogP contribution in [0.4, 0.5) is 5.69 Å². The minimum absolute atomic E-state index is 0.0622. The highest BCUT2D eigenvalue weighted by molar-refractivity contribution is 6.24. The highest BCUT2D eigenvalue weighted by atomic mass is 16.5. The first-order valence-corrected chi connectivity index (χ1v) is 10.0. The molecule has 0 radical (unpaired) electrons. The first-order valence-electron chi connectivity index (χ1n) is 10.0. The lowest BCUT2D eigenvalue weighted by Gasteiger charge is -2.27. The number of hydrogen-bond acceptors (Lipinski definition) is 6. The van der Waals surface area contributed by atoms with Crippen molar-refractivity contribution in [2.24, 2.45) is 5.41 Å². The molecule has 4 rings (SSSR count). The van der Waals surface area contributed by atoms with Crippen molar-refractivity contribution in [3.8, 4) is 0 Å². The van der Waals surface area contributed by atoms with Crippen LogP contribution >= 0.6 is 0 Å². The normalized spacial score (nSPS) is 22.8. The summed E-state index contributed by atoms with van der Waals surface area (Å²) in [7, 11) is 1.57. The molecule has 1 atom stereocenters. The molecular formula is C21H23N3O6. The first kappa shape index (κ1) is 20.2. The number of fused-ring (bicyclic) bond motifs is 1. The summed E-state index contributed by atoms with van der Waals surface area (Å²) in [5, 5.41) is 5.02. The summed E-state index contributed by atoms with van der Waals surface area (Å²) in [5.74, 6) is -2.42. The molecular weight excluding hydrogens is 390 g/mol. The minimum atomic E-state index is -1.02. The highest BCUT2D eigenvalue weighted by Gasteiger charge is 2.45. The molecule has 1 aromatic carbocycles. The van der Waals surface area contributed by atoms with Crippen molar-refractivity contribution in [2.45, 2.75) is 44.6 Å². The van der Waals surface area contributed by atoms with Gasteiger partial charge in [-0.25, -0.2) is 0 Å². The molecule has 1 unspecified atom stereocenters. The van der Waals surface area contributed by atoms with Crippen molar-refractivity contribution in [1.82, 2.24) is 10.2 Å². The fourth-order valence-electron chi connectivity index (χ4n) is 4.58. The van der Waals surface area contributed by atoms with Gasteiger partial charge in [0, 0.05) is 19.2 Å². The van der Waals surface area contributed by atoms with E-state index in [1.165, 1.54) is 12.1 Å². The molecule has 2 heterocycles. The Morgan fingerprint density at radius 1 is 1.17 bits per heavy atom. The topological polar surface area (TPSA) is 122 Å². The number of methoxy groups -OCH3 is 1. The Kier molecular flexibility index (Phi) is 5.15. The molecule has 3 aliphatic rings. The summed E-state index contributed by atoms with van der Waals surface area (Å²) in [6.45, 7) is 0.324. The summed E-state index contributed by atoms with van der Waals surface area (Å²) in [5.41, 5.74) is 0.129. The molecule has 0 spiro atoms. The van der Waals surface area contributed by atoms with E-state index in [4.69, 9.17) is 4.74 Å². The Balaban J connectivity index is 1.55. The number of amides is 5. The van der Waals surface area contributed by atoms with E-state index in [-0.39, 0.29) is 29.9 Å². The van der Waals surface area contributed by atoms with Gasteiger partial charge in [-0.05, 0) is 37.5 Å². The van der Waals surface area contributed by atoms with E-state index < -0.39 is 35.1 Å². The van der Waals surface area contributed by atoms with Crippen molar-refractivity contribution >= 4 is 35.2 Å². The number of benzene rings is 1. The third kappa shape index (κ3) is 3.28. The molecule has 1 aromatic rings. The summed E-state index contributed by atoms with van der Waals surface area (Å²) in [4.78, 5) is 63.0. The summed E-state index contributed by atoms with van der Waals surface area (Å²) < 4.78 is 5.26. The van der Waals surface area contributed by atoms with Crippen LogP contribution in [0.3, 0.4) is 0 Å². The van der Waals surface area contributed by atoms with Crippen LogP contribution in [0.1, 0.15) is 59.2 Å². The predicted octanol–water partition coefficient (Wildman–Crippen LogP) is 1.23. The summed E-state index contributed by atoms with van der Waals surface area (Å²) >= 11 is 0. The van der Waals surface area contributed by atoms with Crippen LogP contribution in [0, 0.1) is 5.41 Å². The number of hydrogen-bond donors (Lipinski definition) is 2. The maximum absolute atomic E-state index is 12.9. The standard InChI is InChI=1S/C21H23N3O6/c1-30-11-21(8-2-3-9-21)20(29)22-12-4-5-13-14(10-12)19(28)24(18(13)27)15-6-7-16(25)23-17(15)26/h4-5,10,15H,2-3,6-9,11H2,1H3,(H,22,29)(H,23,25,26). The number of anilines is 1. The van der Waals surface area contributed by atoms with E-state index in [1.54, 1.807) is 13.2 Å². The second kappa shape index (κ2) is 7.64. The van der Waals surface area contributed by atoms with E-state index in [0.29, 0.717) is 12.3 Å². The Morgan fingerprint density at radius 2 is 1.87 bits per heavy atom. The van der Waals surface area contributed by atoms with Crippen molar-refractivity contribution in [3.05, 3.63) is 29.3 Å². The smallest absolute Gasteiger partial charge is 0.262 e. The Bertz CT molecular complexity index is 950. The van der Waals surface area contributed by atoms with Crippen LogP contribution in [0.15, 0.2) is 18.2 Å². The van der Waals surface area contributed by atoms with Crippen LogP contribution in [0.5, 0.6) is 0 Å². The van der Waals surface area contributed by atoms with Gasteiger partial charge in [0.1, 0.15) is 6.04 Å². The lowest BCUT2D eigenvalue weighted by atomic mass is 9.86. The maximum atomic E-state index is 12.9. The van der Waals surface area contributed by atoms with Crippen molar-refractivity contribution in [2.75, 3.05) is 19.0 Å². The maximum Gasteiger partial charge on any atom is 0.262 e. The monoisotopic (exact) mass is 413 g/mol. The summed E-state index contributed by atoms with van der Waals surface area (Å²) in [6, 6.07) is 3.51. The number of nitrogens with zero attached hydrogens (tertiary/aromatic N) is 1. The fraction of sp³-hybridized carbons (Fsp3) is 0.476. The predicted molar refractivity (Wildman–Crippen MR) is 105 cm³/mol. The average molecular weight is 413 g/mol. The van der Waals surface area contributed by atoms with Crippen molar-refractivity contribution < 1.29 is 28.7 Å². The second-order valence-electron chi connectivity index (χ2n) is 8.08. The van der Waals surface area contributed by atoms with Gasteiger partial charge in [-0.1, -0.05) is 12.8 Å². The number of carbonyl (C=O) groups is 5. The molecule has 1 saturated carbocycles. The van der Waals surface area contributed by atoms with Gasteiger partial charge in [0.25, 0.3) is 11.8 Å². The molecule has 9 nitrogen and oxygen atoms in total. The Morgan fingerprint density at radius 3 is 2.53 bits per heavy atom. The van der Waals surface area contributed by atoms with E-state index >= 15 is 0 Å². The van der Waals surface area contributed by atoms with Gasteiger partial charge in [0.2, 0.25) is 17.7 Å². The van der Waals surface area contributed by atoms with Gasteiger partial charge in [-0.3, -0.25) is 34.2 Å². The molecule has 1 saturated heterocycles. The molecule has 2 N–H and O–H groups in total. The number of imide groups is 2. The number of piperidine rings is 1. The third-order valence-corrected chi connectivity index (χ3v) is 6.16.